The van der Waals surface area contributed by atoms with Gasteiger partial charge in [-0.1, -0.05) is 133 Å². The Morgan fingerprint density at radius 2 is 0.863 bits per heavy atom. The Kier molecular flexibility index (Phi) is 6.81. The van der Waals surface area contributed by atoms with Gasteiger partial charge < -0.3 is 14.2 Å². The van der Waals surface area contributed by atoms with Crippen LogP contribution in [-0.2, 0) is 0 Å². The average Bonchev–Trinajstić information content (AvgIpc) is 3.56. The minimum Gasteiger partial charge on any atom is -0.453 e. The molecule has 2 heterocycles. The van der Waals surface area contributed by atoms with E-state index in [4.69, 9.17) is 4.74 Å². The van der Waals surface area contributed by atoms with Crippen LogP contribution >= 0.6 is 0 Å². The molecule has 0 atom stereocenters. The number of hydrogen-bond donors (Lipinski definition) is 0. The molecule has 0 bridgehead atoms. The summed E-state index contributed by atoms with van der Waals surface area (Å²) in [5, 5.41) is 2.41. The Balaban J connectivity index is 1.05. The molecule has 1 aliphatic rings. The Morgan fingerprint density at radius 3 is 1.59 bits per heavy atom. The van der Waals surface area contributed by atoms with Crippen molar-refractivity contribution in [1.82, 2.24) is 4.57 Å². The number of aromatic nitrogens is 1. The molecule has 0 aliphatic carbocycles. The Bertz CT molecular complexity index is 2690. The summed E-state index contributed by atoms with van der Waals surface area (Å²) in [5.74, 6) is 1.76. The van der Waals surface area contributed by atoms with Gasteiger partial charge in [-0.15, -0.1) is 0 Å². The fourth-order valence-corrected chi connectivity index (χ4v) is 7.61. The van der Waals surface area contributed by atoms with E-state index in [0.717, 1.165) is 45.3 Å². The normalized spacial score (nSPS) is 11.7. The van der Waals surface area contributed by atoms with E-state index in [0.29, 0.717) is 0 Å². The molecule has 0 amide bonds. The molecule has 8 aromatic carbocycles. The van der Waals surface area contributed by atoms with Crippen LogP contribution in [-0.4, -0.2) is 4.57 Å². The van der Waals surface area contributed by atoms with Crippen LogP contribution in [0.4, 0.5) is 17.1 Å². The third-order valence-corrected chi connectivity index (χ3v) is 9.98. The minimum atomic E-state index is 0.869. The molecule has 1 aliphatic heterocycles. The highest BCUT2D eigenvalue weighted by atomic mass is 16.5. The smallest absolute Gasteiger partial charge is 0.152 e. The van der Waals surface area contributed by atoms with Gasteiger partial charge in [-0.2, -0.15) is 0 Å². The lowest BCUT2D eigenvalue weighted by Crippen LogP contribution is -2.09. The van der Waals surface area contributed by atoms with Crippen molar-refractivity contribution in [1.29, 1.82) is 0 Å². The highest BCUT2D eigenvalue weighted by Gasteiger charge is 2.25. The maximum absolute atomic E-state index is 6.38. The third kappa shape index (κ3) is 4.90. The maximum Gasteiger partial charge on any atom is 0.152 e. The van der Waals surface area contributed by atoms with Crippen LogP contribution < -0.4 is 9.64 Å². The first-order chi connectivity index (χ1) is 25.3. The van der Waals surface area contributed by atoms with Crippen LogP contribution in [0.5, 0.6) is 11.5 Å². The van der Waals surface area contributed by atoms with Crippen molar-refractivity contribution >= 4 is 38.9 Å². The summed E-state index contributed by atoms with van der Waals surface area (Å²) in [4.78, 5) is 2.32. The van der Waals surface area contributed by atoms with Crippen molar-refractivity contribution in [2.24, 2.45) is 0 Å². The van der Waals surface area contributed by atoms with E-state index in [1.165, 1.54) is 44.1 Å². The van der Waals surface area contributed by atoms with Crippen molar-refractivity contribution in [2.45, 2.75) is 0 Å². The van der Waals surface area contributed by atoms with Gasteiger partial charge in [0.1, 0.15) is 0 Å². The Hall–Kier alpha value is -6.84. The van der Waals surface area contributed by atoms with Gasteiger partial charge >= 0.3 is 0 Å². The van der Waals surface area contributed by atoms with Crippen molar-refractivity contribution in [3.05, 3.63) is 194 Å². The molecule has 0 saturated heterocycles. The summed E-state index contributed by atoms with van der Waals surface area (Å²) in [5.41, 5.74) is 13.8. The second-order valence-electron chi connectivity index (χ2n) is 13.0. The van der Waals surface area contributed by atoms with Crippen LogP contribution in [0.25, 0.3) is 60.9 Å². The topological polar surface area (TPSA) is 17.4 Å². The largest absolute Gasteiger partial charge is 0.453 e. The molecule has 1 aromatic heterocycles. The molecule has 0 radical (unpaired) electrons. The molecular formula is C48H32N2O. The van der Waals surface area contributed by atoms with E-state index in [-0.39, 0.29) is 0 Å². The van der Waals surface area contributed by atoms with Gasteiger partial charge in [-0.05, 0) is 88.5 Å². The Labute approximate surface area is 296 Å². The molecule has 0 saturated carbocycles. The van der Waals surface area contributed by atoms with Crippen LogP contribution in [0, 0.1) is 0 Å². The number of fused-ring (bicyclic) bond motifs is 5. The third-order valence-electron chi connectivity index (χ3n) is 9.98. The zero-order valence-electron chi connectivity index (χ0n) is 27.8. The van der Waals surface area contributed by atoms with Gasteiger partial charge in [-0.25, -0.2) is 0 Å². The first-order valence-electron chi connectivity index (χ1n) is 17.4. The monoisotopic (exact) mass is 652 g/mol. The maximum atomic E-state index is 6.38. The second kappa shape index (κ2) is 11.9. The number of hydrogen-bond acceptors (Lipinski definition) is 2. The van der Waals surface area contributed by atoms with Crippen molar-refractivity contribution in [3.8, 4) is 50.6 Å². The quantitative estimate of drug-likeness (QED) is 0.178. The van der Waals surface area contributed by atoms with Crippen molar-refractivity contribution in [3.63, 3.8) is 0 Å². The summed E-state index contributed by atoms with van der Waals surface area (Å²) >= 11 is 0. The summed E-state index contributed by atoms with van der Waals surface area (Å²) in [6, 6.07) is 69.1. The van der Waals surface area contributed by atoms with E-state index in [2.05, 4.69) is 191 Å². The number of para-hydroxylation sites is 5. The Morgan fingerprint density at radius 1 is 0.353 bits per heavy atom. The molecule has 0 N–H and O–H groups in total. The molecule has 3 nitrogen and oxygen atoms in total. The van der Waals surface area contributed by atoms with Gasteiger partial charge in [0, 0.05) is 33.4 Å². The lowest BCUT2D eigenvalue weighted by molar-refractivity contribution is 0.476. The molecule has 9 aromatic rings. The summed E-state index contributed by atoms with van der Waals surface area (Å²) in [7, 11) is 0. The lowest BCUT2D eigenvalue weighted by atomic mass is 9.99. The summed E-state index contributed by atoms with van der Waals surface area (Å²) in [6.45, 7) is 0. The number of rotatable bonds is 6. The lowest BCUT2D eigenvalue weighted by Gasteiger charge is -2.26. The van der Waals surface area contributed by atoms with Gasteiger partial charge in [0.15, 0.2) is 11.5 Å². The predicted molar refractivity (Wildman–Crippen MR) is 212 cm³/mol. The van der Waals surface area contributed by atoms with Crippen LogP contribution in [0.3, 0.4) is 0 Å². The second-order valence-corrected chi connectivity index (χ2v) is 13.0. The van der Waals surface area contributed by atoms with Gasteiger partial charge in [0.2, 0.25) is 0 Å². The average molecular weight is 653 g/mol. The molecular weight excluding hydrogens is 621 g/mol. The number of anilines is 3. The van der Waals surface area contributed by atoms with Gasteiger partial charge in [0.05, 0.1) is 16.7 Å². The number of nitrogens with zero attached hydrogens (tertiary/aromatic N) is 2. The highest BCUT2D eigenvalue weighted by Crippen LogP contribution is 2.47. The van der Waals surface area contributed by atoms with Gasteiger partial charge in [0.25, 0.3) is 0 Å². The first-order valence-corrected chi connectivity index (χ1v) is 17.4. The zero-order chi connectivity index (χ0) is 33.7. The summed E-state index contributed by atoms with van der Waals surface area (Å²) < 4.78 is 8.76. The fourth-order valence-electron chi connectivity index (χ4n) is 7.61. The van der Waals surface area contributed by atoms with Crippen molar-refractivity contribution < 1.29 is 4.74 Å². The minimum absolute atomic E-state index is 0.869. The molecule has 0 spiro atoms. The van der Waals surface area contributed by atoms with E-state index in [9.17, 15) is 0 Å². The summed E-state index contributed by atoms with van der Waals surface area (Å²) in [6.07, 6.45) is 0. The SMILES string of the molecule is c1ccc(-c2cccc(-c3ccc(N(c4ccccc4)c4ccc(-c5cccc6c7cccc8c7n(c56)-c5ccccc5O8)cc4)cc3)c2)cc1. The first kappa shape index (κ1) is 29.1. The van der Waals surface area contributed by atoms with Crippen LogP contribution in [0.15, 0.2) is 194 Å². The molecule has 240 valence electrons. The van der Waals surface area contributed by atoms with Crippen LogP contribution in [0.2, 0.25) is 0 Å². The molecule has 3 heteroatoms. The molecule has 51 heavy (non-hydrogen) atoms. The van der Waals surface area contributed by atoms with E-state index >= 15 is 0 Å². The number of benzene rings is 8. The highest BCUT2D eigenvalue weighted by molar-refractivity contribution is 6.16. The van der Waals surface area contributed by atoms with E-state index in [1.54, 1.807) is 0 Å². The van der Waals surface area contributed by atoms with Crippen molar-refractivity contribution in [2.75, 3.05) is 4.90 Å². The molecule has 0 fully saturated rings. The van der Waals surface area contributed by atoms with E-state index < -0.39 is 0 Å². The standard InChI is InChI=1S/C48H32N2O/c1-3-12-33(13-4-1)36-14-9-15-37(32-36)34-24-28-39(29-25-34)49(38-16-5-2-6-17-38)40-30-26-35(27-31-40)41-18-10-19-42-43-20-11-23-46-48(43)50(47(41)42)44-21-7-8-22-45(44)51-46/h1-32H. The van der Waals surface area contributed by atoms with E-state index in [1.807, 2.05) is 12.1 Å². The van der Waals surface area contributed by atoms with Gasteiger partial charge in [-0.3, -0.25) is 0 Å². The predicted octanol–water partition coefficient (Wildman–Crippen LogP) is 13.4. The van der Waals surface area contributed by atoms with Crippen LogP contribution in [0.1, 0.15) is 0 Å². The number of ether oxygens (including phenoxy) is 1. The molecule has 0 unspecified atom stereocenters. The fraction of sp³-hybridized carbons (Fsp3) is 0. The zero-order valence-corrected chi connectivity index (χ0v) is 27.8. The molecule has 10 rings (SSSR count).